The molecule has 1 saturated heterocycles. The SMILES string of the molecule is COC(=O)c1cccc(N2CSC(OC(=O)NC(C)(C)C)C2=O)c1. The van der Waals surface area contributed by atoms with Gasteiger partial charge in [-0.1, -0.05) is 17.8 Å². The number of ether oxygens (including phenoxy) is 2. The van der Waals surface area contributed by atoms with Crippen LogP contribution >= 0.6 is 11.8 Å². The van der Waals surface area contributed by atoms with E-state index in [9.17, 15) is 14.4 Å². The smallest absolute Gasteiger partial charge is 0.409 e. The summed E-state index contributed by atoms with van der Waals surface area (Å²) < 4.78 is 9.86. The molecule has 1 fully saturated rings. The number of hydrogen-bond donors (Lipinski definition) is 1. The minimum Gasteiger partial charge on any atom is -0.465 e. The molecule has 2 rings (SSSR count). The maximum Gasteiger partial charge on any atom is 0.409 e. The Morgan fingerprint density at radius 3 is 2.67 bits per heavy atom. The van der Waals surface area contributed by atoms with Crippen molar-refractivity contribution in [3.63, 3.8) is 0 Å². The van der Waals surface area contributed by atoms with Crippen molar-refractivity contribution in [2.45, 2.75) is 31.7 Å². The highest BCUT2D eigenvalue weighted by Crippen LogP contribution is 2.30. The predicted octanol–water partition coefficient (Wildman–Crippen LogP) is 2.36. The summed E-state index contributed by atoms with van der Waals surface area (Å²) in [6.07, 6.45) is -0.640. The van der Waals surface area contributed by atoms with Crippen molar-refractivity contribution < 1.29 is 23.9 Å². The van der Waals surface area contributed by atoms with Crippen molar-refractivity contribution in [2.24, 2.45) is 0 Å². The summed E-state index contributed by atoms with van der Waals surface area (Å²) in [6.45, 7) is 5.47. The second-order valence-corrected chi connectivity index (χ2v) is 7.24. The number of amides is 2. The molecule has 1 unspecified atom stereocenters. The lowest BCUT2D eigenvalue weighted by molar-refractivity contribution is -0.122. The summed E-state index contributed by atoms with van der Waals surface area (Å²) >= 11 is 1.20. The molecule has 2 amide bonds. The highest BCUT2D eigenvalue weighted by molar-refractivity contribution is 8.01. The Labute approximate surface area is 144 Å². The van der Waals surface area contributed by atoms with Crippen LogP contribution in [0.25, 0.3) is 0 Å². The molecule has 0 aliphatic carbocycles. The van der Waals surface area contributed by atoms with E-state index < -0.39 is 23.0 Å². The summed E-state index contributed by atoms with van der Waals surface area (Å²) in [6, 6.07) is 6.55. The van der Waals surface area contributed by atoms with Crippen LogP contribution in [0.15, 0.2) is 24.3 Å². The number of methoxy groups -OCH3 is 1. The van der Waals surface area contributed by atoms with Gasteiger partial charge < -0.3 is 14.8 Å². The van der Waals surface area contributed by atoms with Gasteiger partial charge in [0.05, 0.1) is 18.6 Å². The van der Waals surface area contributed by atoms with E-state index in [-0.39, 0.29) is 5.91 Å². The summed E-state index contributed by atoms with van der Waals surface area (Å²) in [7, 11) is 1.30. The molecule has 1 aliphatic heterocycles. The molecule has 8 heteroatoms. The second-order valence-electron chi connectivity index (χ2n) is 6.22. The Hall–Kier alpha value is -2.22. The molecule has 24 heavy (non-hydrogen) atoms. The van der Waals surface area contributed by atoms with Crippen molar-refractivity contribution in [3.05, 3.63) is 29.8 Å². The zero-order valence-corrected chi connectivity index (χ0v) is 14.8. The number of nitrogens with zero attached hydrogens (tertiary/aromatic N) is 1. The third-order valence-electron chi connectivity index (χ3n) is 3.09. The fourth-order valence-corrected chi connectivity index (χ4v) is 3.03. The maximum absolute atomic E-state index is 12.4. The van der Waals surface area contributed by atoms with Crippen LogP contribution in [0.5, 0.6) is 0 Å². The van der Waals surface area contributed by atoms with Gasteiger partial charge >= 0.3 is 12.1 Å². The highest BCUT2D eigenvalue weighted by Gasteiger charge is 2.37. The first kappa shape index (κ1) is 18.1. The van der Waals surface area contributed by atoms with E-state index in [0.29, 0.717) is 17.1 Å². The van der Waals surface area contributed by atoms with Gasteiger partial charge in [-0.15, -0.1) is 0 Å². The quantitative estimate of drug-likeness (QED) is 0.841. The van der Waals surface area contributed by atoms with Gasteiger partial charge in [0.15, 0.2) is 0 Å². The Kier molecular flexibility index (Phi) is 5.38. The normalized spacial score (nSPS) is 17.6. The predicted molar refractivity (Wildman–Crippen MR) is 90.9 cm³/mol. The molecule has 1 aliphatic rings. The van der Waals surface area contributed by atoms with Gasteiger partial charge in [-0.2, -0.15) is 0 Å². The molecule has 1 heterocycles. The van der Waals surface area contributed by atoms with Gasteiger partial charge in [-0.25, -0.2) is 9.59 Å². The lowest BCUT2D eigenvalue weighted by atomic mass is 10.1. The molecule has 0 saturated carbocycles. The maximum atomic E-state index is 12.4. The molecule has 1 aromatic carbocycles. The fraction of sp³-hybridized carbons (Fsp3) is 0.438. The minimum atomic E-state index is -0.908. The number of carbonyl (C=O) groups excluding carboxylic acids is 3. The molecule has 1 aromatic rings. The van der Waals surface area contributed by atoms with Gasteiger partial charge in [0, 0.05) is 11.2 Å². The standard InChI is InChI=1S/C16H20N2O5S/c1-16(2,3)17-15(21)23-14-12(19)18(9-24-14)11-7-5-6-10(8-11)13(20)22-4/h5-8,14H,9H2,1-4H3,(H,17,21). The van der Waals surface area contributed by atoms with Crippen molar-refractivity contribution >= 4 is 35.4 Å². The summed E-state index contributed by atoms with van der Waals surface area (Å²) in [5.74, 6) is -0.490. The molecular weight excluding hydrogens is 332 g/mol. The number of hydrogen-bond acceptors (Lipinski definition) is 6. The van der Waals surface area contributed by atoms with Crippen LogP contribution in [0.4, 0.5) is 10.5 Å². The van der Waals surface area contributed by atoms with Crippen LogP contribution < -0.4 is 10.2 Å². The van der Waals surface area contributed by atoms with E-state index in [2.05, 4.69) is 10.1 Å². The first-order valence-corrected chi connectivity index (χ1v) is 8.36. The first-order chi connectivity index (χ1) is 11.2. The summed E-state index contributed by atoms with van der Waals surface area (Å²) in [5, 5.41) is 2.65. The molecule has 0 spiro atoms. The Morgan fingerprint density at radius 2 is 2.04 bits per heavy atom. The number of benzene rings is 1. The minimum absolute atomic E-state index is 0.330. The Bertz CT molecular complexity index is 656. The van der Waals surface area contributed by atoms with E-state index in [1.165, 1.54) is 23.8 Å². The second kappa shape index (κ2) is 7.12. The molecule has 1 N–H and O–H groups in total. The van der Waals surface area contributed by atoms with Crippen molar-refractivity contribution in [1.29, 1.82) is 0 Å². The van der Waals surface area contributed by atoms with E-state index >= 15 is 0 Å². The van der Waals surface area contributed by atoms with Crippen LogP contribution in [-0.4, -0.2) is 41.9 Å². The summed E-state index contributed by atoms with van der Waals surface area (Å²) in [4.78, 5) is 37.3. The Balaban J connectivity index is 2.06. The molecule has 0 aromatic heterocycles. The van der Waals surface area contributed by atoms with Gasteiger partial charge in [-0.3, -0.25) is 9.69 Å². The molecular formula is C16H20N2O5S. The van der Waals surface area contributed by atoms with Crippen LogP contribution in [0.1, 0.15) is 31.1 Å². The zero-order valence-electron chi connectivity index (χ0n) is 14.0. The number of thioether (sulfide) groups is 1. The highest BCUT2D eigenvalue weighted by atomic mass is 32.2. The third kappa shape index (κ3) is 4.41. The first-order valence-electron chi connectivity index (χ1n) is 7.31. The Morgan fingerprint density at radius 1 is 1.33 bits per heavy atom. The number of carbonyl (C=O) groups is 3. The van der Waals surface area contributed by atoms with E-state index in [4.69, 9.17) is 4.74 Å². The summed E-state index contributed by atoms with van der Waals surface area (Å²) in [5.41, 5.74) is -0.452. The number of esters is 1. The average Bonchev–Trinajstić information content (AvgIpc) is 2.85. The van der Waals surface area contributed by atoms with Crippen molar-refractivity contribution in [2.75, 3.05) is 17.9 Å². The van der Waals surface area contributed by atoms with Gasteiger partial charge in [0.25, 0.3) is 5.91 Å². The van der Waals surface area contributed by atoms with Gasteiger partial charge in [0.2, 0.25) is 5.44 Å². The average molecular weight is 352 g/mol. The van der Waals surface area contributed by atoms with Crippen molar-refractivity contribution in [1.82, 2.24) is 5.32 Å². The lowest BCUT2D eigenvalue weighted by Gasteiger charge is -2.21. The zero-order chi connectivity index (χ0) is 17.9. The molecule has 130 valence electrons. The largest absolute Gasteiger partial charge is 0.465 e. The van der Waals surface area contributed by atoms with E-state index in [0.717, 1.165) is 0 Å². The number of anilines is 1. The molecule has 7 nitrogen and oxygen atoms in total. The third-order valence-corrected chi connectivity index (χ3v) is 4.10. The topological polar surface area (TPSA) is 84.9 Å². The van der Waals surface area contributed by atoms with Gasteiger partial charge in [0.1, 0.15) is 0 Å². The number of alkyl carbamates (subject to hydrolysis) is 1. The van der Waals surface area contributed by atoms with E-state index in [1.807, 2.05) is 20.8 Å². The molecule has 1 atom stereocenters. The number of rotatable bonds is 3. The molecule has 0 bridgehead atoms. The van der Waals surface area contributed by atoms with Crippen LogP contribution in [0.3, 0.4) is 0 Å². The lowest BCUT2D eigenvalue weighted by Crippen LogP contribution is -2.43. The van der Waals surface area contributed by atoms with E-state index in [1.54, 1.807) is 24.3 Å². The monoisotopic (exact) mass is 352 g/mol. The molecule has 0 radical (unpaired) electrons. The van der Waals surface area contributed by atoms with Crippen LogP contribution in [-0.2, 0) is 14.3 Å². The van der Waals surface area contributed by atoms with Crippen molar-refractivity contribution in [3.8, 4) is 0 Å². The fourth-order valence-electron chi connectivity index (χ4n) is 2.04. The van der Waals surface area contributed by atoms with Crippen LogP contribution in [0.2, 0.25) is 0 Å². The van der Waals surface area contributed by atoms with Gasteiger partial charge in [-0.05, 0) is 39.0 Å². The number of nitrogens with one attached hydrogen (secondary N) is 1. The van der Waals surface area contributed by atoms with Crippen LogP contribution in [0, 0.1) is 0 Å².